The fraction of sp³-hybridized carbons (Fsp3) is 0.227. The van der Waals surface area contributed by atoms with Gasteiger partial charge in [-0.15, -0.1) is 11.3 Å². The summed E-state index contributed by atoms with van der Waals surface area (Å²) in [5.74, 6) is -1.34. The molecule has 148 valence electrons. The molecule has 0 radical (unpaired) electrons. The van der Waals surface area contributed by atoms with Crippen molar-refractivity contribution in [1.82, 2.24) is 5.32 Å². The first-order chi connectivity index (χ1) is 14.0. The molecule has 3 N–H and O–H groups in total. The minimum absolute atomic E-state index is 0.0117. The standard InChI is InChI=1S/C22H20N2O4S/c25-20(14-6-7-14)24-17(10-13-4-2-1-3-5-13)21(26)23-16-8-9-18-15(11-16)12-19(29-18)22(27)28/h1-5,8-9,11-12,14,17H,6-7,10H2,(H,23,26)(H,24,25)(H,27,28). The van der Waals surface area contributed by atoms with Crippen molar-refractivity contribution in [3.63, 3.8) is 0 Å². The Kier molecular flexibility index (Phi) is 5.31. The first-order valence-electron chi connectivity index (χ1n) is 9.41. The Morgan fingerprint density at radius 2 is 1.83 bits per heavy atom. The van der Waals surface area contributed by atoms with E-state index < -0.39 is 12.0 Å². The molecule has 1 atom stereocenters. The van der Waals surface area contributed by atoms with Crippen LogP contribution in [-0.2, 0) is 16.0 Å². The molecule has 1 unspecified atom stereocenters. The summed E-state index contributed by atoms with van der Waals surface area (Å²) in [5.41, 5.74) is 1.53. The maximum atomic E-state index is 12.9. The molecule has 1 heterocycles. The smallest absolute Gasteiger partial charge is 0.345 e. The average Bonchev–Trinajstić information content (AvgIpc) is 3.47. The van der Waals surface area contributed by atoms with Gasteiger partial charge in [0.15, 0.2) is 0 Å². The minimum Gasteiger partial charge on any atom is -0.477 e. The molecule has 4 rings (SSSR count). The van der Waals surface area contributed by atoms with Crippen LogP contribution in [0, 0.1) is 5.92 Å². The van der Waals surface area contributed by atoms with Crippen molar-refractivity contribution in [3.8, 4) is 0 Å². The lowest BCUT2D eigenvalue weighted by atomic mass is 10.0. The summed E-state index contributed by atoms with van der Waals surface area (Å²) >= 11 is 1.19. The van der Waals surface area contributed by atoms with E-state index in [1.165, 1.54) is 11.3 Å². The van der Waals surface area contributed by atoms with Crippen LogP contribution in [0.4, 0.5) is 5.69 Å². The summed E-state index contributed by atoms with van der Waals surface area (Å²) in [6.45, 7) is 0. The topological polar surface area (TPSA) is 95.5 Å². The molecule has 7 heteroatoms. The van der Waals surface area contributed by atoms with Crippen molar-refractivity contribution in [2.24, 2.45) is 5.92 Å². The predicted octanol–water partition coefficient (Wildman–Crippen LogP) is 3.68. The molecule has 0 saturated heterocycles. The number of anilines is 1. The monoisotopic (exact) mass is 408 g/mol. The van der Waals surface area contributed by atoms with Crippen LogP contribution in [0.25, 0.3) is 10.1 Å². The molecule has 0 spiro atoms. The lowest BCUT2D eigenvalue weighted by Crippen LogP contribution is -2.45. The van der Waals surface area contributed by atoms with Gasteiger partial charge in [0.2, 0.25) is 11.8 Å². The van der Waals surface area contributed by atoms with Gasteiger partial charge in [0.1, 0.15) is 10.9 Å². The summed E-state index contributed by atoms with van der Waals surface area (Å²) in [4.78, 5) is 36.6. The van der Waals surface area contributed by atoms with Crippen LogP contribution >= 0.6 is 11.3 Å². The summed E-state index contributed by atoms with van der Waals surface area (Å²) in [6, 6.07) is 15.7. The van der Waals surface area contributed by atoms with E-state index in [0.29, 0.717) is 12.1 Å². The number of carbonyl (C=O) groups excluding carboxylic acids is 2. The SMILES string of the molecule is O=C(O)c1cc2cc(NC(=O)C(Cc3ccccc3)NC(=O)C3CC3)ccc2s1. The zero-order valence-electron chi connectivity index (χ0n) is 15.6. The second kappa shape index (κ2) is 8.05. The normalized spacial score (nSPS) is 14.3. The number of nitrogens with one attached hydrogen (secondary N) is 2. The predicted molar refractivity (Wildman–Crippen MR) is 112 cm³/mol. The van der Waals surface area contributed by atoms with E-state index in [2.05, 4.69) is 10.6 Å². The van der Waals surface area contributed by atoms with Gasteiger partial charge in [-0.2, -0.15) is 0 Å². The van der Waals surface area contributed by atoms with Crippen molar-refractivity contribution < 1.29 is 19.5 Å². The van der Waals surface area contributed by atoms with E-state index >= 15 is 0 Å². The van der Waals surface area contributed by atoms with Crippen LogP contribution in [0.3, 0.4) is 0 Å². The lowest BCUT2D eigenvalue weighted by Gasteiger charge is -2.19. The van der Waals surface area contributed by atoms with Crippen LogP contribution in [0.2, 0.25) is 0 Å². The van der Waals surface area contributed by atoms with E-state index in [0.717, 1.165) is 28.5 Å². The second-order valence-electron chi connectivity index (χ2n) is 7.18. The number of benzene rings is 2. The number of hydrogen-bond donors (Lipinski definition) is 3. The number of rotatable bonds is 7. The maximum absolute atomic E-state index is 12.9. The van der Waals surface area contributed by atoms with Crippen molar-refractivity contribution in [2.45, 2.75) is 25.3 Å². The molecule has 1 saturated carbocycles. The Balaban J connectivity index is 1.52. The molecule has 1 aliphatic rings. The third-order valence-corrected chi connectivity index (χ3v) is 5.96. The Bertz CT molecular complexity index is 1070. The highest BCUT2D eigenvalue weighted by Gasteiger charge is 2.32. The number of amides is 2. The quantitative estimate of drug-likeness (QED) is 0.556. The Hall–Kier alpha value is -3.19. The molecule has 0 bridgehead atoms. The first-order valence-corrected chi connectivity index (χ1v) is 10.2. The number of thiophene rings is 1. The van der Waals surface area contributed by atoms with Gasteiger partial charge in [-0.05, 0) is 48.1 Å². The van der Waals surface area contributed by atoms with Crippen molar-refractivity contribution in [2.75, 3.05) is 5.32 Å². The Morgan fingerprint density at radius 3 is 2.52 bits per heavy atom. The summed E-state index contributed by atoms with van der Waals surface area (Å²) in [7, 11) is 0. The van der Waals surface area contributed by atoms with Gasteiger partial charge in [0.05, 0.1) is 0 Å². The zero-order chi connectivity index (χ0) is 20.4. The number of carboxylic acids is 1. The van der Waals surface area contributed by atoms with Gasteiger partial charge in [0.25, 0.3) is 0 Å². The van der Waals surface area contributed by atoms with E-state index in [-0.39, 0.29) is 22.6 Å². The van der Waals surface area contributed by atoms with Crippen LogP contribution in [0.15, 0.2) is 54.6 Å². The van der Waals surface area contributed by atoms with E-state index in [1.807, 2.05) is 30.3 Å². The highest BCUT2D eigenvalue weighted by atomic mass is 32.1. The molecular weight excluding hydrogens is 388 g/mol. The summed E-state index contributed by atoms with van der Waals surface area (Å²) in [6.07, 6.45) is 2.13. The number of carbonyl (C=O) groups is 3. The number of carboxylic acid groups (broad SMARTS) is 1. The van der Waals surface area contributed by atoms with Crippen LogP contribution in [-0.4, -0.2) is 28.9 Å². The van der Waals surface area contributed by atoms with Crippen molar-refractivity contribution >= 4 is 44.9 Å². The largest absolute Gasteiger partial charge is 0.477 e. The molecule has 2 aromatic carbocycles. The van der Waals surface area contributed by atoms with E-state index in [9.17, 15) is 14.4 Å². The van der Waals surface area contributed by atoms with E-state index in [4.69, 9.17) is 5.11 Å². The minimum atomic E-state index is -0.970. The molecule has 6 nitrogen and oxygen atoms in total. The zero-order valence-corrected chi connectivity index (χ0v) is 16.4. The average molecular weight is 408 g/mol. The summed E-state index contributed by atoms with van der Waals surface area (Å²) in [5, 5.41) is 15.6. The fourth-order valence-corrected chi connectivity index (χ4v) is 4.03. The van der Waals surface area contributed by atoms with Gasteiger partial charge in [-0.25, -0.2) is 4.79 Å². The molecule has 29 heavy (non-hydrogen) atoms. The first kappa shape index (κ1) is 19.1. The number of aromatic carboxylic acids is 1. The Morgan fingerprint density at radius 1 is 1.07 bits per heavy atom. The Labute approximate surface area is 171 Å². The number of hydrogen-bond acceptors (Lipinski definition) is 4. The summed E-state index contributed by atoms with van der Waals surface area (Å²) < 4.78 is 0.836. The molecular formula is C22H20N2O4S. The third kappa shape index (κ3) is 4.63. The van der Waals surface area contributed by atoms with Gasteiger partial charge >= 0.3 is 5.97 Å². The van der Waals surface area contributed by atoms with Gasteiger partial charge < -0.3 is 15.7 Å². The molecule has 3 aromatic rings. The van der Waals surface area contributed by atoms with E-state index in [1.54, 1.807) is 24.3 Å². The van der Waals surface area contributed by atoms with Gasteiger partial charge in [0, 0.05) is 22.7 Å². The number of fused-ring (bicyclic) bond motifs is 1. The van der Waals surface area contributed by atoms with Crippen LogP contribution < -0.4 is 10.6 Å². The molecule has 1 aromatic heterocycles. The third-order valence-electron chi connectivity index (χ3n) is 4.86. The van der Waals surface area contributed by atoms with Crippen LogP contribution in [0.5, 0.6) is 0 Å². The van der Waals surface area contributed by atoms with Gasteiger partial charge in [-0.1, -0.05) is 30.3 Å². The van der Waals surface area contributed by atoms with Gasteiger partial charge in [-0.3, -0.25) is 9.59 Å². The highest BCUT2D eigenvalue weighted by molar-refractivity contribution is 7.20. The lowest BCUT2D eigenvalue weighted by molar-refractivity contribution is -0.127. The highest BCUT2D eigenvalue weighted by Crippen LogP contribution is 2.30. The second-order valence-corrected chi connectivity index (χ2v) is 8.27. The molecule has 1 fully saturated rings. The van der Waals surface area contributed by atoms with Crippen molar-refractivity contribution in [1.29, 1.82) is 0 Å². The molecule has 2 amide bonds. The molecule has 0 aliphatic heterocycles. The fourth-order valence-electron chi connectivity index (χ4n) is 3.15. The maximum Gasteiger partial charge on any atom is 0.345 e. The van der Waals surface area contributed by atoms with Crippen LogP contribution in [0.1, 0.15) is 28.1 Å². The van der Waals surface area contributed by atoms with Crippen molar-refractivity contribution in [3.05, 3.63) is 65.0 Å². The molecule has 1 aliphatic carbocycles.